The predicted octanol–water partition coefficient (Wildman–Crippen LogP) is -2.78. The van der Waals surface area contributed by atoms with Crippen LogP contribution in [0.3, 0.4) is 0 Å². The second-order valence-electron chi connectivity index (χ2n) is 2.70. The number of hydrogen-bond acceptors (Lipinski definition) is 1. The molecule has 2 aromatic rings. The lowest BCUT2D eigenvalue weighted by molar-refractivity contribution is -0.721. The van der Waals surface area contributed by atoms with E-state index < -0.39 is 0 Å². The summed E-state index contributed by atoms with van der Waals surface area (Å²) >= 11 is 0. The fourth-order valence-electron chi connectivity index (χ4n) is 1.28. The van der Waals surface area contributed by atoms with Crippen LogP contribution in [0.4, 0.5) is 5.69 Å². The Morgan fingerprint density at radius 1 is 1.38 bits per heavy atom. The first-order valence-corrected chi connectivity index (χ1v) is 3.75. The average molecular weight is 199 g/mol. The molecule has 0 amide bonds. The second-order valence-corrected chi connectivity index (χ2v) is 2.70. The van der Waals surface area contributed by atoms with Gasteiger partial charge in [-0.1, -0.05) is 0 Å². The quantitative estimate of drug-likeness (QED) is 0.479. The van der Waals surface area contributed by atoms with Crippen LogP contribution in [0.2, 0.25) is 0 Å². The highest BCUT2D eigenvalue weighted by atomic mass is 35.5. The molecule has 0 aliphatic carbocycles. The zero-order valence-corrected chi connectivity index (χ0v) is 7.99. The molecular formula is C8H11ClN4. The molecule has 4 nitrogen and oxygen atoms in total. The van der Waals surface area contributed by atoms with Crippen molar-refractivity contribution < 1.29 is 17.1 Å². The van der Waals surface area contributed by atoms with Crippen LogP contribution in [0.15, 0.2) is 30.7 Å². The predicted molar refractivity (Wildman–Crippen MR) is 45.7 cm³/mol. The molecule has 0 atom stereocenters. The normalized spacial score (nSPS) is 9.62. The minimum absolute atomic E-state index is 0. The van der Waals surface area contributed by atoms with Gasteiger partial charge < -0.3 is 18.1 Å². The lowest BCUT2D eigenvalue weighted by Crippen LogP contribution is -3.00. The Morgan fingerprint density at radius 3 is 2.46 bits per heavy atom. The molecule has 0 aliphatic heterocycles. The zero-order chi connectivity index (χ0) is 8.55. The lowest BCUT2D eigenvalue weighted by atomic mass is 10.5. The molecule has 0 saturated carbocycles. The van der Waals surface area contributed by atoms with Gasteiger partial charge in [-0.05, 0) is 12.1 Å². The fraction of sp³-hybridized carbons (Fsp3) is 0.125. The van der Waals surface area contributed by atoms with E-state index in [9.17, 15) is 0 Å². The SMILES string of the molecule is C[n+]1[nH]cc(N)c1-n1cccc1.[Cl-]. The van der Waals surface area contributed by atoms with Crippen molar-refractivity contribution >= 4 is 5.69 Å². The minimum atomic E-state index is 0. The van der Waals surface area contributed by atoms with Crippen molar-refractivity contribution in [2.24, 2.45) is 7.05 Å². The number of nitrogens with two attached hydrogens (primary N) is 1. The van der Waals surface area contributed by atoms with Crippen LogP contribution in [-0.4, -0.2) is 9.67 Å². The van der Waals surface area contributed by atoms with E-state index in [1.807, 2.05) is 40.8 Å². The number of aromatic amines is 1. The standard InChI is InChI=1S/C8H10N4.ClH/c1-11-8(7(9)6-10-11)12-4-2-3-5-12;/h2-6H,9H2,1H3;1H. The van der Waals surface area contributed by atoms with E-state index in [1.165, 1.54) is 0 Å². The molecule has 0 spiro atoms. The van der Waals surface area contributed by atoms with Crippen molar-refractivity contribution in [3.05, 3.63) is 30.7 Å². The molecule has 13 heavy (non-hydrogen) atoms. The Balaban J connectivity index is 0.000000845. The van der Waals surface area contributed by atoms with Crippen LogP contribution in [-0.2, 0) is 7.05 Å². The first-order valence-electron chi connectivity index (χ1n) is 3.75. The van der Waals surface area contributed by atoms with Crippen molar-refractivity contribution in [1.82, 2.24) is 9.67 Å². The molecule has 0 unspecified atom stereocenters. The highest BCUT2D eigenvalue weighted by molar-refractivity contribution is 5.47. The van der Waals surface area contributed by atoms with Crippen molar-refractivity contribution in [2.45, 2.75) is 0 Å². The van der Waals surface area contributed by atoms with Gasteiger partial charge in [0.05, 0.1) is 18.6 Å². The van der Waals surface area contributed by atoms with E-state index in [-0.39, 0.29) is 12.4 Å². The monoisotopic (exact) mass is 198 g/mol. The number of halogens is 1. The van der Waals surface area contributed by atoms with Crippen LogP contribution < -0.4 is 22.8 Å². The van der Waals surface area contributed by atoms with Crippen LogP contribution in [0.5, 0.6) is 0 Å². The lowest BCUT2D eigenvalue weighted by Gasteiger charge is -1.93. The van der Waals surface area contributed by atoms with Gasteiger partial charge in [-0.3, -0.25) is 0 Å². The van der Waals surface area contributed by atoms with Crippen LogP contribution >= 0.6 is 0 Å². The maximum atomic E-state index is 5.76. The second kappa shape index (κ2) is 3.53. The Morgan fingerprint density at radius 2 is 2.00 bits per heavy atom. The Bertz CT molecular complexity index is 357. The summed E-state index contributed by atoms with van der Waals surface area (Å²) in [5.74, 6) is 0.958. The molecule has 3 N–H and O–H groups in total. The number of nitrogen functional groups attached to an aromatic ring is 1. The van der Waals surface area contributed by atoms with Gasteiger partial charge in [0.15, 0.2) is 0 Å². The molecule has 0 radical (unpaired) electrons. The smallest absolute Gasteiger partial charge is 0.329 e. The molecule has 2 heterocycles. The molecule has 0 aliphatic rings. The molecule has 2 aromatic heterocycles. The van der Waals surface area contributed by atoms with Gasteiger partial charge in [0.1, 0.15) is 12.7 Å². The maximum absolute atomic E-state index is 5.76. The number of aryl methyl sites for hydroxylation is 1. The maximum Gasteiger partial charge on any atom is 0.329 e. The summed E-state index contributed by atoms with van der Waals surface area (Å²) in [6.07, 6.45) is 5.69. The molecular weight excluding hydrogens is 188 g/mol. The van der Waals surface area contributed by atoms with E-state index in [0.29, 0.717) is 0 Å². The van der Waals surface area contributed by atoms with Crippen molar-refractivity contribution in [2.75, 3.05) is 5.73 Å². The Labute approximate surface area is 82.4 Å². The Hall–Kier alpha value is -1.42. The van der Waals surface area contributed by atoms with Gasteiger partial charge in [0.2, 0.25) is 0 Å². The minimum Gasteiger partial charge on any atom is -1.00 e. The average Bonchev–Trinajstić information content (AvgIpc) is 2.61. The fourth-order valence-corrected chi connectivity index (χ4v) is 1.28. The van der Waals surface area contributed by atoms with E-state index >= 15 is 0 Å². The highest BCUT2D eigenvalue weighted by Crippen LogP contribution is 2.09. The number of anilines is 1. The third-order valence-electron chi connectivity index (χ3n) is 1.84. The van der Waals surface area contributed by atoms with Gasteiger partial charge >= 0.3 is 5.82 Å². The molecule has 70 valence electrons. The summed E-state index contributed by atoms with van der Waals surface area (Å²) in [6, 6.07) is 3.93. The number of nitrogens with one attached hydrogen (secondary N) is 1. The number of rotatable bonds is 1. The summed E-state index contributed by atoms with van der Waals surface area (Å²) in [5.41, 5.74) is 6.50. The van der Waals surface area contributed by atoms with Gasteiger partial charge in [-0.15, -0.1) is 0 Å². The molecule has 2 rings (SSSR count). The van der Waals surface area contributed by atoms with E-state index in [0.717, 1.165) is 11.5 Å². The summed E-state index contributed by atoms with van der Waals surface area (Å²) in [4.78, 5) is 0. The van der Waals surface area contributed by atoms with Gasteiger partial charge in [-0.2, -0.15) is 4.68 Å². The van der Waals surface area contributed by atoms with Crippen molar-refractivity contribution in [3.8, 4) is 5.82 Å². The number of hydrogen-bond donors (Lipinski definition) is 2. The van der Waals surface area contributed by atoms with Crippen molar-refractivity contribution in [1.29, 1.82) is 0 Å². The summed E-state index contributed by atoms with van der Waals surface area (Å²) in [7, 11) is 1.92. The Kier molecular flexibility index (Phi) is 2.63. The third kappa shape index (κ3) is 1.53. The van der Waals surface area contributed by atoms with Crippen molar-refractivity contribution in [3.63, 3.8) is 0 Å². The molecule has 5 heteroatoms. The molecule has 0 aromatic carbocycles. The van der Waals surface area contributed by atoms with E-state index in [4.69, 9.17) is 5.73 Å². The highest BCUT2D eigenvalue weighted by Gasteiger charge is 2.13. The zero-order valence-electron chi connectivity index (χ0n) is 7.24. The van der Waals surface area contributed by atoms with E-state index in [1.54, 1.807) is 6.20 Å². The first kappa shape index (κ1) is 9.67. The van der Waals surface area contributed by atoms with E-state index in [2.05, 4.69) is 5.10 Å². The van der Waals surface area contributed by atoms with Crippen LogP contribution in [0, 0.1) is 0 Å². The largest absolute Gasteiger partial charge is 1.00 e. The number of aromatic nitrogens is 3. The topological polar surface area (TPSA) is 50.6 Å². The number of H-pyrrole nitrogens is 1. The third-order valence-corrected chi connectivity index (χ3v) is 1.84. The number of nitrogens with zero attached hydrogens (tertiary/aromatic N) is 2. The van der Waals surface area contributed by atoms with Gasteiger partial charge in [0.25, 0.3) is 0 Å². The summed E-state index contributed by atoms with van der Waals surface area (Å²) in [6.45, 7) is 0. The summed E-state index contributed by atoms with van der Waals surface area (Å²) in [5, 5.41) is 3.00. The van der Waals surface area contributed by atoms with Gasteiger partial charge in [0, 0.05) is 0 Å². The van der Waals surface area contributed by atoms with Crippen LogP contribution in [0.25, 0.3) is 5.82 Å². The van der Waals surface area contributed by atoms with Gasteiger partial charge in [-0.25, -0.2) is 9.67 Å². The first-order chi connectivity index (χ1) is 5.79. The summed E-state index contributed by atoms with van der Waals surface area (Å²) < 4.78 is 3.83. The van der Waals surface area contributed by atoms with Crippen LogP contribution in [0.1, 0.15) is 0 Å². The molecule has 0 bridgehead atoms. The molecule has 0 saturated heterocycles. The molecule has 0 fully saturated rings.